The molecule has 0 aliphatic rings. The van der Waals surface area contributed by atoms with Crippen molar-refractivity contribution in [2.45, 2.75) is 46.3 Å². The molecule has 7 heteroatoms. The highest BCUT2D eigenvalue weighted by atomic mass is 16.5. The predicted molar refractivity (Wildman–Crippen MR) is 91.9 cm³/mol. The standard InChI is InChI=1S/C18H21NO6/c1-5-12-8-15(20)25-16-9(2)14(7-6-13(12)16)24-11(4)17(21)19-10(3)18(22)23/h6-8,10-11H,5H2,1-4H3,(H,19,21)(H,22,23). The van der Waals surface area contributed by atoms with Crippen molar-refractivity contribution in [2.75, 3.05) is 0 Å². The van der Waals surface area contributed by atoms with Crippen molar-refractivity contribution >= 4 is 22.8 Å². The molecule has 2 N–H and O–H groups in total. The Kier molecular flexibility index (Phi) is 5.46. The highest BCUT2D eigenvalue weighted by Gasteiger charge is 2.21. The summed E-state index contributed by atoms with van der Waals surface area (Å²) in [6, 6.07) is 3.94. The Balaban J connectivity index is 2.30. The first kappa shape index (κ1) is 18.5. The summed E-state index contributed by atoms with van der Waals surface area (Å²) in [4.78, 5) is 34.5. The molecule has 0 aliphatic heterocycles. The molecule has 1 aromatic carbocycles. The Morgan fingerprint density at radius 3 is 2.60 bits per heavy atom. The van der Waals surface area contributed by atoms with E-state index in [1.165, 1.54) is 19.9 Å². The number of carbonyl (C=O) groups is 2. The van der Waals surface area contributed by atoms with Crippen molar-refractivity contribution in [3.05, 3.63) is 39.7 Å². The van der Waals surface area contributed by atoms with Crippen LogP contribution in [0.2, 0.25) is 0 Å². The average Bonchev–Trinajstić information content (AvgIpc) is 2.56. The van der Waals surface area contributed by atoms with E-state index in [1.54, 1.807) is 19.1 Å². The number of hydrogen-bond donors (Lipinski definition) is 2. The first-order chi connectivity index (χ1) is 11.7. The lowest BCUT2D eigenvalue weighted by atomic mass is 10.0. The highest BCUT2D eigenvalue weighted by molar-refractivity contribution is 5.87. The third-order valence-corrected chi connectivity index (χ3v) is 3.98. The average molecular weight is 347 g/mol. The van der Waals surface area contributed by atoms with Crippen LogP contribution in [0.3, 0.4) is 0 Å². The number of aliphatic carboxylic acids is 1. The first-order valence-corrected chi connectivity index (χ1v) is 8.00. The fraction of sp³-hybridized carbons (Fsp3) is 0.389. The van der Waals surface area contributed by atoms with Gasteiger partial charge in [0.25, 0.3) is 5.91 Å². The van der Waals surface area contributed by atoms with E-state index in [-0.39, 0.29) is 0 Å². The van der Waals surface area contributed by atoms with Gasteiger partial charge in [0.1, 0.15) is 17.4 Å². The minimum Gasteiger partial charge on any atom is -0.480 e. The Bertz CT molecular complexity index is 870. The van der Waals surface area contributed by atoms with E-state index in [1.807, 2.05) is 6.92 Å². The van der Waals surface area contributed by atoms with Crippen LogP contribution in [0.4, 0.5) is 0 Å². The molecule has 2 aromatic rings. The number of rotatable bonds is 6. The molecule has 2 unspecified atom stereocenters. The van der Waals surface area contributed by atoms with Gasteiger partial charge in [-0.3, -0.25) is 9.59 Å². The number of hydrogen-bond acceptors (Lipinski definition) is 5. The van der Waals surface area contributed by atoms with Crippen LogP contribution in [0.25, 0.3) is 11.0 Å². The molecule has 1 amide bonds. The van der Waals surface area contributed by atoms with Crippen molar-refractivity contribution in [1.82, 2.24) is 5.32 Å². The Labute approximate surface area is 144 Å². The summed E-state index contributed by atoms with van der Waals surface area (Å²) >= 11 is 0. The maximum atomic E-state index is 12.0. The lowest BCUT2D eigenvalue weighted by Crippen LogP contribution is -2.44. The molecule has 7 nitrogen and oxygen atoms in total. The van der Waals surface area contributed by atoms with E-state index < -0.39 is 29.6 Å². The number of carbonyl (C=O) groups excluding carboxylic acids is 1. The quantitative estimate of drug-likeness (QED) is 0.775. The topological polar surface area (TPSA) is 106 Å². The molecule has 134 valence electrons. The van der Waals surface area contributed by atoms with Crippen LogP contribution < -0.4 is 15.7 Å². The second kappa shape index (κ2) is 7.38. The number of fused-ring (bicyclic) bond motifs is 1. The first-order valence-electron chi connectivity index (χ1n) is 8.00. The predicted octanol–water partition coefficient (Wildman–Crippen LogP) is 2.02. The third-order valence-electron chi connectivity index (χ3n) is 3.98. The fourth-order valence-electron chi connectivity index (χ4n) is 2.46. The van der Waals surface area contributed by atoms with Crippen LogP contribution in [0.15, 0.2) is 27.4 Å². The van der Waals surface area contributed by atoms with Crippen LogP contribution >= 0.6 is 0 Å². The van der Waals surface area contributed by atoms with Gasteiger partial charge in [0.2, 0.25) is 0 Å². The van der Waals surface area contributed by atoms with Crippen molar-refractivity contribution in [2.24, 2.45) is 0 Å². The van der Waals surface area contributed by atoms with Crippen LogP contribution in [0.5, 0.6) is 5.75 Å². The molecule has 25 heavy (non-hydrogen) atoms. The van der Waals surface area contributed by atoms with Gasteiger partial charge in [-0.25, -0.2) is 4.79 Å². The van der Waals surface area contributed by atoms with E-state index in [0.717, 1.165) is 10.9 Å². The Morgan fingerprint density at radius 1 is 1.32 bits per heavy atom. The van der Waals surface area contributed by atoms with Gasteiger partial charge in [-0.15, -0.1) is 0 Å². The Morgan fingerprint density at radius 2 is 2.00 bits per heavy atom. The van der Waals surface area contributed by atoms with Gasteiger partial charge in [0.15, 0.2) is 6.10 Å². The molecule has 1 aromatic heterocycles. The zero-order chi connectivity index (χ0) is 18.7. The molecule has 2 rings (SSSR count). The second-order valence-electron chi connectivity index (χ2n) is 5.84. The number of ether oxygens (including phenoxy) is 1. The monoisotopic (exact) mass is 347 g/mol. The molecular formula is C18H21NO6. The minimum absolute atomic E-state index is 0.398. The van der Waals surface area contributed by atoms with E-state index in [4.69, 9.17) is 14.3 Å². The van der Waals surface area contributed by atoms with Gasteiger partial charge in [0.05, 0.1) is 0 Å². The summed E-state index contributed by atoms with van der Waals surface area (Å²) in [5.41, 5.74) is 1.47. The zero-order valence-corrected chi connectivity index (χ0v) is 14.6. The summed E-state index contributed by atoms with van der Waals surface area (Å²) in [6.07, 6.45) is -0.216. The summed E-state index contributed by atoms with van der Waals surface area (Å²) in [5, 5.41) is 12.0. The summed E-state index contributed by atoms with van der Waals surface area (Å²) in [7, 11) is 0. The smallest absolute Gasteiger partial charge is 0.336 e. The normalized spacial score (nSPS) is 13.3. The van der Waals surface area contributed by atoms with Gasteiger partial charge in [-0.2, -0.15) is 0 Å². The number of amides is 1. The van der Waals surface area contributed by atoms with E-state index >= 15 is 0 Å². The van der Waals surface area contributed by atoms with E-state index in [9.17, 15) is 14.4 Å². The van der Waals surface area contributed by atoms with Gasteiger partial charge in [-0.1, -0.05) is 6.92 Å². The SMILES string of the molecule is CCc1cc(=O)oc2c(C)c(OC(C)C(=O)NC(C)C(=O)O)ccc12. The number of benzene rings is 1. The number of carboxylic acid groups (broad SMARTS) is 1. The molecule has 0 radical (unpaired) electrons. The van der Waals surface area contributed by atoms with Crippen molar-refractivity contribution in [3.63, 3.8) is 0 Å². The van der Waals surface area contributed by atoms with Crippen molar-refractivity contribution in [3.8, 4) is 5.75 Å². The molecular weight excluding hydrogens is 326 g/mol. The van der Waals surface area contributed by atoms with Gasteiger partial charge in [0, 0.05) is 17.0 Å². The summed E-state index contributed by atoms with van der Waals surface area (Å²) in [5.74, 6) is -1.27. The van der Waals surface area contributed by atoms with Gasteiger partial charge in [-0.05, 0) is 44.9 Å². The fourth-order valence-corrected chi connectivity index (χ4v) is 2.46. The van der Waals surface area contributed by atoms with Crippen molar-refractivity contribution in [1.29, 1.82) is 0 Å². The van der Waals surface area contributed by atoms with Crippen molar-refractivity contribution < 1.29 is 23.8 Å². The van der Waals surface area contributed by atoms with Crippen LogP contribution in [0.1, 0.15) is 31.9 Å². The molecule has 0 fully saturated rings. The highest BCUT2D eigenvalue weighted by Crippen LogP contribution is 2.29. The third kappa shape index (κ3) is 3.99. The minimum atomic E-state index is -1.13. The molecule has 0 aliphatic carbocycles. The Hall–Kier alpha value is -2.83. The van der Waals surface area contributed by atoms with Crippen LogP contribution in [-0.2, 0) is 16.0 Å². The number of carboxylic acids is 1. The van der Waals surface area contributed by atoms with Gasteiger partial charge < -0.3 is 19.6 Å². The summed E-state index contributed by atoms with van der Waals surface area (Å²) in [6.45, 7) is 6.58. The lowest BCUT2D eigenvalue weighted by Gasteiger charge is -2.18. The summed E-state index contributed by atoms with van der Waals surface area (Å²) < 4.78 is 10.9. The largest absolute Gasteiger partial charge is 0.480 e. The maximum absolute atomic E-state index is 12.0. The molecule has 2 atom stereocenters. The van der Waals surface area contributed by atoms with Gasteiger partial charge >= 0.3 is 11.6 Å². The number of aryl methyl sites for hydroxylation is 2. The van der Waals surface area contributed by atoms with Crippen LogP contribution in [0, 0.1) is 6.92 Å². The molecule has 0 spiro atoms. The lowest BCUT2D eigenvalue weighted by molar-refractivity contribution is -0.142. The zero-order valence-electron chi connectivity index (χ0n) is 14.6. The molecule has 0 saturated heterocycles. The maximum Gasteiger partial charge on any atom is 0.336 e. The number of nitrogens with one attached hydrogen (secondary N) is 1. The van der Waals surface area contributed by atoms with Crippen LogP contribution in [-0.4, -0.2) is 29.1 Å². The second-order valence-corrected chi connectivity index (χ2v) is 5.84. The molecule has 0 saturated carbocycles. The molecule has 1 heterocycles. The molecule has 0 bridgehead atoms. The van der Waals surface area contributed by atoms with E-state index in [0.29, 0.717) is 23.3 Å². The van der Waals surface area contributed by atoms with E-state index in [2.05, 4.69) is 5.32 Å².